The number of anilines is 1. The Morgan fingerprint density at radius 1 is 1.07 bits per heavy atom. The summed E-state index contributed by atoms with van der Waals surface area (Å²) in [6.45, 7) is 17.0. The van der Waals surface area contributed by atoms with Gasteiger partial charge in [-0.05, 0) is 48.7 Å². The van der Waals surface area contributed by atoms with Crippen molar-refractivity contribution in [3.63, 3.8) is 0 Å². The first kappa shape index (κ1) is 24.3. The third kappa shape index (κ3) is 7.03. The van der Waals surface area contributed by atoms with E-state index in [2.05, 4.69) is 44.5 Å². The van der Waals surface area contributed by atoms with Crippen LogP contribution in [0.5, 0.6) is 0 Å². The van der Waals surface area contributed by atoms with Crippen molar-refractivity contribution in [1.29, 1.82) is 0 Å². The lowest BCUT2D eigenvalue weighted by atomic mass is 10.0. The van der Waals surface area contributed by atoms with E-state index in [1.165, 1.54) is 0 Å². The van der Waals surface area contributed by atoms with E-state index in [0.29, 0.717) is 12.3 Å². The zero-order valence-electron chi connectivity index (χ0n) is 18.6. The Hall–Kier alpha value is -1.70. The van der Waals surface area contributed by atoms with Crippen LogP contribution in [0, 0.1) is 5.92 Å². The largest absolute Gasteiger partial charge is 0.413 e. The summed E-state index contributed by atoms with van der Waals surface area (Å²) in [7, 11) is -1.80. The molecule has 1 aromatic rings. The number of hydrogen-bond donors (Lipinski definition) is 3. The van der Waals surface area contributed by atoms with Gasteiger partial charge in [-0.2, -0.15) is 0 Å². The van der Waals surface area contributed by atoms with E-state index in [-0.39, 0.29) is 22.8 Å². The van der Waals surface area contributed by atoms with Crippen molar-refractivity contribution in [2.75, 3.05) is 5.32 Å². The molecule has 4 N–H and O–H groups in total. The number of nitrogens with two attached hydrogens (primary N) is 1. The highest BCUT2D eigenvalue weighted by Crippen LogP contribution is 2.37. The van der Waals surface area contributed by atoms with Crippen molar-refractivity contribution in [2.45, 2.75) is 78.4 Å². The van der Waals surface area contributed by atoms with Crippen molar-refractivity contribution < 1.29 is 14.0 Å². The van der Waals surface area contributed by atoms with Gasteiger partial charge in [-0.15, -0.1) is 0 Å². The highest BCUT2D eigenvalue weighted by molar-refractivity contribution is 6.74. The monoisotopic (exact) mass is 407 g/mol. The van der Waals surface area contributed by atoms with E-state index in [4.69, 9.17) is 10.2 Å². The van der Waals surface area contributed by atoms with Gasteiger partial charge in [-0.25, -0.2) is 0 Å². The van der Waals surface area contributed by atoms with Crippen molar-refractivity contribution in [2.24, 2.45) is 11.7 Å². The summed E-state index contributed by atoms with van der Waals surface area (Å²) in [5.41, 5.74) is 7.55. The molecule has 0 aliphatic rings. The number of hydrogen-bond acceptors (Lipinski definition) is 4. The minimum atomic E-state index is -1.80. The molecular formula is C21H37N3O3Si. The van der Waals surface area contributed by atoms with Crippen LogP contribution in [0.3, 0.4) is 0 Å². The predicted octanol–water partition coefficient (Wildman–Crippen LogP) is 3.63. The van der Waals surface area contributed by atoms with E-state index in [0.717, 1.165) is 5.56 Å². The lowest BCUT2D eigenvalue weighted by Gasteiger charge is -2.36. The van der Waals surface area contributed by atoms with Gasteiger partial charge in [0.25, 0.3) is 0 Å². The number of amides is 2. The Morgan fingerprint density at radius 2 is 1.61 bits per heavy atom. The molecule has 0 spiro atoms. The SMILES string of the molecule is CC(NC(=O)C(N)C(C)C)C(=O)Nc1ccc(CO[Si](C)(C)C(C)(C)C)cc1. The Kier molecular flexibility index (Phi) is 8.40. The summed E-state index contributed by atoms with van der Waals surface area (Å²) in [6.07, 6.45) is 0. The first-order valence-electron chi connectivity index (χ1n) is 9.84. The normalized spacial score (nSPS) is 14.5. The van der Waals surface area contributed by atoms with Crippen molar-refractivity contribution >= 4 is 25.8 Å². The number of rotatable bonds is 8. The van der Waals surface area contributed by atoms with Crippen LogP contribution in [0.2, 0.25) is 18.1 Å². The zero-order chi connectivity index (χ0) is 21.7. The first-order chi connectivity index (χ1) is 12.7. The van der Waals surface area contributed by atoms with Crippen molar-refractivity contribution in [3.8, 4) is 0 Å². The van der Waals surface area contributed by atoms with Gasteiger partial charge in [0.15, 0.2) is 8.32 Å². The molecule has 1 aromatic carbocycles. The van der Waals surface area contributed by atoms with Gasteiger partial charge in [-0.3, -0.25) is 9.59 Å². The van der Waals surface area contributed by atoms with Gasteiger partial charge >= 0.3 is 0 Å². The highest BCUT2D eigenvalue weighted by atomic mass is 28.4. The van der Waals surface area contributed by atoms with Crippen molar-refractivity contribution in [3.05, 3.63) is 29.8 Å². The van der Waals surface area contributed by atoms with E-state index in [1.54, 1.807) is 6.92 Å². The average molecular weight is 408 g/mol. The standard InChI is InChI=1S/C21H37N3O3Si/c1-14(2)18(22)20(26)23-15(3)19(25)24-17-11-9-16(10-12-17)13-27-28(7,8)21(4,5)6/h9-12,14-15,18H,13,22H2,1-8H3,(H,23,26)(H,24,25). The molecule has 2 atom stereocenters. The number of benzene rings is 1. The van der Waals surface area contributed by atoms with Crippen LogP contribution in [-0.4, -0.2) is 32.2 Å². The molecule has 0 aliphatic heterocycles. The molecule has 7 heteroatoms. The number of nitrogens with one attached hydrogen (secondary N) is 2. The number of carbonyl (C=O) groups excluding carboxylic acids is 2. The Labute approximate surface area is 170 Å². The fourth-order valence-electron chi connectivity index (χ4n) is 2.09. The Morgan fingerprint density at radius 3 is 2.07 bits per heavy atom. The second kappa shape index (κ2) is 9.67. The van der Waals surface area contributed by atoms with Gasteiger partial charge in [0.2, 0.25) is 11.8 Å². The summed E-state index contributed by atoms with van der Waals surface area (Å²) >= 11 is 0. The van der Waals surface area contributed by atoms with E-state index in [1.807, 2.05) is 38.1 Å². The Bertz CT molecular complexity index is 666. The van der Waals surface area contributed by atoms with Gasteiger partial charge in [-0.1, -0.05) is 46.8 Å². The molecule has 0 bridgehead atoms. The smallest absolute Gasteiger partial charge is 0.246 e. The van der Waals surface area contributed by atoms with E-state index in [9.17, 15) is 9.59 Å². The molecule has 2 unspecified atom stereocenters. The molecule has 0 radical (unpaired) electrons. The quantitative estimate of drug-likeness (QED) is 0.574. The fraction of sp³-hybridized carbons (Fsp3) is 0.619. The van der Waals surface area contributed by atoms with Crippen LogP contribution >= 0.6 is 0 Å². The zero-order valence-corrected chi connectivity index (χ0v) is 19.6. The minimum absolute atomic E-state index is 0.0105. The lowest BCUT2D eigenvalue weighted by molar-refractivity contribution is -0.127. The maximum atomic E-state index is 12.3. The minimum Gasteiger partial charge on any atom is -0.413 e. The van der Waals surface area contributed by atoms with Crippen LogP contribution in [0.4, 0.5) is 5.69 Å². The van der Waals surface area contributed by atoms with Crippen LogP contribution in [0.15, 0.2) is 24.3 Å². The second-order valence-electron chi connectivity index (χ2n) is 9.24. The molecule has 0 aromatic heterocycles. The maximum Gasteiger partial charge on any atom is 0.246 e. The van der Waals surface area contributed by atoms with Gasteiger partial charge in [0.05, 0.1) is 12.6 Å². The molecule has 1 rings (SSSR count). The molecule has 2 amide bonds. The molecule has 158 valence electrons. The summed E-state index contributed by atoms with van der Waals surface area (Å²) < 4.78 is 6.22. The Balaban J connectivity index is 2.60. The van der Waals surface area contributed by atoms with Crippen molar-refractivity contribution in [1.82, 2.24) is 5.32 Å². The van der Waals surface area contributed by atoms with Gasteiger partial charge in [0.1, 0.15) is 6.04 Å². The lowest BCUT2D eigenvalue weighted by Crippen LogP contribution is -2.50. The highest BCUT2D eigenvalue weighted by Gasteiger charge is 2.37. The first-order valence-corrected chi connectivity index (χ1v) is 12.7. The molecular weight excluding hydrogens is 370 g/mol. The molecule has 0 saturated heterocycles. The predicted molar refractivity (Wildman–Crippen MR) is 117 cm³/mol. The van der Waals surface area contributed by atoms with Crippen LogP contribution in [-0.2, 0) is 20.6 Å². The van der Waals surface area contributed by atoms with Gasteiger partial charge < -0.3 is 20.8 Å². The third-order valence-electron chi connectivity index (χ3n) is 5.40. The summed E-state index contributed by atoms with van der Waals surface area (Å²) in [4.78, 5) is 24.3. The summed E-state index contributed by atoms with van der Waals surface area (Å²) in [5, 5.41) is 5.63. The van der Waals surface area contributed by atoms with E-state index < -0.39 is 20.4 Å². The molecule has 0 fully saturated rings. The molecule has 28 heavy (non-hydrogen) atoms. The summed E-state index contributed by atoms with van der Waals surface area (Å²) in [6, 6.07) is 6.28. The average Bonchev–Trinajstić information content (AvgIpc) is 2.59. The van der Waals surface area contributed by atoms with Crippen LogP contribution in [0.25, 0.3) is 0 Å². The van der Waals surface area contributed by atoms with Crippen LogP contribution < -0.4 is 16.4 Å². The molecule has 0 heterocycles. The fourth-order valence-corrected chi connectivity index (χ4v) is 3.05. The van der Waals surface area contributed by atoms with Gasteiger partial charge in [0, 0.05) is 5.69 Å². The third-order valence-corrected chi connectivity index (χ3v) is 9.88. The topological polar surface area (TPSA) is 93.5 Å². The number of carbonyl (C=O) groups is 2. The maximum absolute atomic E-state index is 12.3. The molecule has 0 saturated carbocycles. The van der Waals surface area contributed by atoms with E-state index >= 15 is 0 Å². The van der Waals surface area contributed by atoms with Crippen LogP contribution in [0.1, 0.15) is 47.1 Å². The molecule has 6 nitrogen and oxygen atoms in total. The molecule has 0 aliphatic carbocycles. The summed E-state index contributed by atoms with van der Waals surface area (Å²) in [5.74, 6) is -0.596. The second-order valence-corrected chi connectivity index (χ2v) is 14.0.